The molecule has 24 heavy (non-hydrogen) atoms. The van der Waals surface area contributed by atoms with Gasteiger partial charge >= 0.3 is 5.97 Å². The highest BCUT2D eigenvalue weighted by molar-refractivity contribution is 5.85. The van der Waals surface area contributed by atoms with Crippen LogP contribution in [-0.2, 0) is 9.53 Å². The molecule has 1 aliphatic carbocycles. The molecule has 2 rings (SSSR count). The van der Waals surface area contributed by atoms with Crippen molar-refractivity contribution in [2.75, 3.05) is 13.2 Å². The molecule has 1 N–H and O–H groups in total. The molecule has 1 aliphatic rings. The van der Waals surface area contributed by atoms with Gasteiger partial charge in [0.1, 0.15) is 5.75 Å². The summed E-state index contributed by atoms with van der Waals surface area (Å²) in [6, 6.07) is 7.52. The van der Waals surface area contributed by atoms with Gasteiger partial charge in [-0.05, 0) is 61.8 Å². The molecular weight excluding hydrogens is 304 g/mol. The van der Waals surface area contributed by atoms with Gasteiger partial charge in [-0.15, -0.1) is 0 Å². The molecule has 0 spiro atoms. The first-order valence-electron chi connectivity index (χ1n) is 8.93. The molecule has 1 fully saturated rings. The van der Waals surface area contributed by atoms with E-state index in [1.165, 1.54) is 6.42 Å². The van der Waals surface area contributed by atoms with Crippen LogP contribution >= 0.6 is 0 Å². The van der Waals surface area contributed by atoms with E-state index in [2.05, 4.69) is 6.92 Å². The lowest BCUT2D eigenvalue weighted by Gasteiger charge is -2.28. The summed E-state index contributed by atoms with van der Waals surface area (Å²) in [5.41, 5.74) is 0.856. The van der Waals surface area contributed by atoms with Crippen molar-refractivity contribution >= 4 is 12.0 Å². The zero-order valence-corrected chi connectivity index (χ0v) is 14.4. The highest BCUT2D eigenvalue weighted by atomic mass is 16.5. The normalized spacial score (nSPS) is 21.0. The summed E-state index contributed by atoms with van der Waals surface area (Å²) in [7, 11) is 0. The number of aliphatic carboxylic acids is 1. The van der Waals surface area contributed by atoms with Crippen molar-refractivity contribution in [3.8, 4) is 5.75 Å². The molecule has 0 aromatic heterocycles. The number of hydrogen-bond donors (Lipinski definition) is 1. The van der Waals surface area contributed by atoms with Gasteiger partial charge < -0.3 is 14.6 Å². The first-order valence-corrected chi connectivity index (χ1v) is 8.93. The third-order valence-electron chi connectivity index (χ3n) is 4.43. The second-order valence-corrected chi connectivity index (χ2v) is 6.42. The van der Waals surface area contributed by atoms with Crippen LogP contribution in [-0.4, -0.2) is 30.4 Å². The van der Waals surface area contributed by atoms with Gasteiger partial charge in [0, 0.05) is 12.7 Å². The fraction of sp³-hybridized carbons (Fsp3) is 0.550. The molecule has 0 radical (unpaired) electrons. The van der Waals surface area contributed by atoms with Gasteiger partial charge in [-0.1, -0.05) is 25.5 Å². The minimum atomic E-state index is -0.940. The molecule has 0 heterocycles. The third kappa shape index (κ3) is 6.75. The molecule has 4 nitrogen and oxygen atoms in total. The van der Waals surface area contributed by atoms with Crippen LogP contribution in [0, 0.1) is 5.92 Å². The van der Waals surface area contributed by atoms with E-state index < -0.39 is 5.97 Å². The Kier molecular flexibility index (Phi) is 7.83. The maximum Gasteiger partial charge on any atom is 0.328 e. The zero-order valence-electron chi connectivity index (χ0n) is 14.4. The Morgan fingerprint density at radius 1 is 1.21 bits per heavy atom. The average molecular weight is 332 g/mol. The third-order valence-corrected chi connectivity index (χ3v) is 4.43. The maximum absolute atomic E-state index is 10.5. The summed E-state index contributed by atoms with van der Waals surface area (Å²) in [4.78, 5) is 10.5. The predicted octanol–water partition coefficient (Wildman–Crippen LogP) is 4.54. The Bertz CT molecular complexity index is 513. The molecule has 1 aromatic carbocycles. The Hall–Kier alpha value is -1.81. The topological polar surface area (TPSA) is 55.8 Å². The van der Waals surface area contributed by atoms with Crippen molar-refractivity contribution in [3.63, 3.8) is 0 Å². The van der Waals surface area contributed by atoms with E-state index in [0.717, 1.165) is 62.7 Å². The lowest BCUT2D eigenvalue weighted by atomic mass is 9.88. The van der Waals surface area contributed by atoms with Crippen LogP contribution in [0.1, 0.15) is 51.0 Å². The van der Waals surface area contributed by atoms with Gasteiger partial charge in [0.25, 0.3) is 0 Å². The first kappa shape index (κ1) is 18.5. The fourth-order valence-corrected chi connectivity index (χ4v) is 2.92. The molecule has 0 saturated heterocycles. The van der Waals surface area contributed by atoms with Gasteiger partial charge in [-0.2, -0.15) is 0 Å². The molecule has 132 valence electrons. The van der Waals surface area contributed by atoms with E-state index in [9.17, 15) is 4.79 Å². The van der Waals surface area contributed by atoms with Crippen molar-refractivity contribution in [2.24, 2.45) is 5.92 Å². The molecule has 1 aromatic rings. The number of ether oxygens (including phenoxy) is 2. The lowest BCUT2D eigenvalue weighted by Crippen LogP contribution is -2.25. The first-order chi connectivity index (χ1) is 11.7. The molecule has 0 unspecified atom stereocenters. The van der Waals surface area contributed by atoms with Crippen LogP contribution in [0.15, 0.2) is 30.3 Å². The van der Waals surface area contributed by atoms with Crippen LogP contribution in [0.2, 0.25) is 0 Å². The number of unbranched alkanes of at least 4 members (excludes halogenated alkanes) is 1. The predicted molar refractivity (Wildman–Crippen MR) is 95.2 cm³/mol. The van der Waals surface area contributed by atoms with Gasteiger partial charge in [0.05, 0.1) is 12.7 Å². The summed E-state index contributed by atoms with van der Waals surface area (Å²) in [5, 5.41) is 8.62. The van der Waals surface area contributed by atoms with E-state index in [1.54, 1.807) is 6.08 Å². The van der Waals surface area contributed by atoms with E-state index in [4.69, 9.17) is 14.6 Å². The maximum atomic E-state index is 10.5. The van der Waals surface area contributed by atoms with Gasteiger partial charge in [0.15, 0.2) is 0 Å². The largest absolute Gasteiger partial charge is 0.493 e. The second kappa shape index (κ2) is 10.1. The number of rotatable bonds is 9. The smallest absolute Gasteiger partial charge is 0.328 e. The summed E-state index contributed by atoms with van der Waals surface area (Å²) in [5.74, 6) is 0.496. The average Bonchev–Trinajstić information content (AvgIpc) is 2.60. The van der Waals surface area contributed by atoms with E-state index in [-0.39, 0.29) is 0 Å². The molecular formula is C20H28O4. The Balaban J connectivity index is 1.68. The Morgan fingerprint density at radius 2 is 1.92 bits per heavy atom. The van der Waals surface area contributed by atoms with Gasteiger partial charge in [-0.3, -0.25) is 0 Å². The number of benzene rings is 1. The monoisotopic (exact) mass is 332 g/mol. The fourth-order valence-electron chi connectivity index (χ4n) is 2.92. The highest BCUT2D eigenvalue weighted by Crippen LogP contribution is 2.27. The van der Waals surface area contributed by atoms with E-state index >= 15 is 0 Å². The van der Waals surface area contributed by atoms with Crippen LogP contribution in [0.4, 0.5) is 0 Å². The summed E-state index contributed by atoms with van der Waals surface area (Å²) in [6.07, 6.45) is 10.1. The van der Waals surface area contributed by atoms with Crippen molar-refractivity contribution in [2.45, 2.75) is 51.6 Å². The molecule has 0 aliphatic heterocycles. The van der Waals surface area contributed by atoms with Crippen molar-refractivity contribution in [1.82, 2.24) is 0 Å². The minimum absolute atomic E-state index is 0.438. The summed E-state index contributed by atoms with van der Waals surface area (Å²) < 4.78 is 11.8. The van der Waals surface area contributed by atoms with Crippen molar-refractivity contribution in [1.29, 1.82) is 0 Å². The second-order valence-electron chi connectivity index (χ2n) is 6.42. The van der Waals surface area contributed by atoms with Gasteiger partial charge in [0.2, 0.25) is 0 Å². The highest BCUT2D eigenvalue weighted by Gasteiger charge is 2.21. The van der Waals surface area contributed by atoms with E-state index in [0.29, 0.717) is 12.0 Å². The minimum Gasteiger partial charge on any atom is -0.493 e. The summed E-state index contributed by atoms with van der Waals surface area (Å²) in [6.45, 7) is 3.82. The number of carbonyl (C=O) groups is 1. The lowest BCUT2D eigenvalue weighted by molar-refractivity contribution is -0.131. The number of hydrogen-bond acceptors (Lipinski definition) is 3. The molecule has 0 atom stereocenters. The van der Waals surface area contributed by atoms with Crippen molar-refractivity contribution < 1.29 is 19.4 Å². The van der Waals surface area contributed by atoms with Crippen LogP contribution in [0.5, 0.6) is 5.75 Å². The molecule has 1 saturated carbocycles. The SMILES string of the molecule is CCCCOC1CCC(COc2ccc(/C=C/C(=O)O)cc2)CC1. The molecule has 0 amide bonds. The van der Waals surface area contributed by atoms with E-state index in [1.807, 2.05) is 24.3 Å². The standard InChI is InChI=1S/C20H28O4/c1-2-3-14-23-18-11-6-17(7-12-18)15-24-19-9-4-16(5-10-19)8-13-20(21)22/h4-5,8-10,13,17-18H,2-3,6-7,11-12,14-15H2,1H3,(H,21,22)/b13-8+. The van der Waals surface area contributed by atoms with Crippen LogP contribution < -0.4 is 4.74 Å². The number of carboxylic acids is 1. The summed E-state index contributed by atoms with van der Waals surface area (Å²) >= 11 is 0. The molecule has 0 bridgehead atoms. The van der Waals surface area contributed by atoms with Crippen molar-refractivity contribution in [3.05, 3.63) is 35.9 Å². The zero-order chi connectivity index (χ0) is 17.2. The quantitative estimate of drug-likeness (QED) is 0.533. The van der Waals surface area contributed by atoms with Crippen LogP contribution in [0.3, 0.4) is 0 Å². The molecule has 4 heteroatoms. The van der Waals surface area contributed by atoms with Gasteiger partial charge in [-0.25, -0.2) is 4.79 Å². The number of carboxylic acid groups (broad SMARTS) is 1. The van der Waals surface area contributed by atoms with Crippen LogP contribution in [0.25, 0.3) is 6.08 Å². The Morgan fingerprint density at radius 3 is 2.54 bits per heavy atom. The Labute approximate surface area is 144 Å².